The van der Waals surface area contributed by atoms with Crippen molar-refractivity contribution in [2.24, 2.45) is 0 Å². The van der Waals surface area contributed by atoms with Crippen molar-refractivity contribution in [2.75, 3.05) is 19.0 Å². The molecule has 0 radical (unpaired) electrons. The number of ether oxygens (including phenoxy) is 2. The summed E-state index contributed by atoms with van der Waals surface area (Å²) in [6.45, 7) is 0.0842. The van der Waals surface area contributed by atoms with Crippen LogP contribution in [0.15, 0.2) is 18.2 Å². The molecule has 1 N–H and O–H groups in total. The molecule has 1 aliphatic heterocycles. The Morgan fingerprint density at radius 2 is 2.41 bits per heavy atom. The van der Waals surface area contributed by atoms with Crippen LogP contribution in [0.2, 0.25) is 0 Å². The van der Waals surface area contributed by atoms with Gasteiger partial charge in [-0.1, -0.05) is 6.07 Å². The SMILES string of the molecule is COC(=O)C1COc2cccc([N+](=O)[O-])c2N1. The monoisotopic (exact) mass is 238 g/mol. The van der Waals surface area contributed by atoms with Gasteiger partial charge in [0, 0.05) is 6.07 Å². The van der Waals surface area contributed by atoms with E-state index in [1.54, 1.807) is 6.07 Å². The second-order valence-electron chi connectivity index (χ2n) is 3.44. The molecule has 7 nitrogen and oxygen atoms in total. The molecule has 0 fully saturated rings. The quantitative estimate of drug-likeness (QED) is 0.468. The Hall–Kier alpha value is -2.31. The third kappa shape index (κ3) is 1.99. The van der Waals surface area contributed by atoms with Gasteiger partial charge in [-0.3, -0.25) is 10.1 Å². The summed E-state index contributed by atoms with van der Waals surface area (Å²) in [7, 11) is 1.25. The van der Waals surface area contributed by atoms with E-state index in [4.69, 9.17) is 4.74 Å². The highest BCUT2D eigenvalue weighted by Crippen LogP contribution is 2.37. The first-order valence-corrected chi connectivity index (χ1v) is 4.88. The Labute approximate surface area is 96.5 Å². The van der Waals surface area contributed by atoms with Gasteiger partial charge >= 0.3 is 5.97 Å². The van der Waals surface area contributed by atoms with Crippen LogP contribution in [0, 0.1) is 10.1 Å². The van der Waals surface area contributed by atoms with Crippen molar-refractivity contribution in [2.45, 2.75) is 6.04 Å². The van der Waals surface area contributed by atoms with E-state index in [2.05, 4.69) is 10.1 Å². The van der Waals surface area contributed by atoms with E-state index in [0.717, 1.165) is 0 Å². The molecule has 7 heteroatoms. The number of esters is 1. The molecule has 1 aliphatic rings. The fourth-order valence-electron chi connectivity index (χ4n) is 1.60. The number of nitrogens with one attached hydrogen (secondary N) is 1. The number of para-hydroxylation sites is 1. The van der Waals surface area contributed by atoms with Crippen LogP contribution in [0.4, 0.5) is 11.4 Å². The number of rotatable bonds is 2. The van der Waals surface area contributed by atoms with E-state index >= 15 is 0 Å². The number of benzene rings is 1. The predicted octanol–water partition coefficient (Wildman–Crippen LogP) is 0.941. The van der Waals surface area contributed by atoms with Gasteiger partial charge in [0.2, 0.25) is 0 Å². The number of carbonyl (C=O) groups is 1. The minimum atomic E-state index is -0.728. The minimum Gasteiger partial charge on any atom is -0.488 e. The van der Waals surface area contributed by atoms with Crippen LogP contribution in [-0.4, -0.2) is 30.7 Å². The molecule has 1 atom stereocenters. The zero-order valence-corrected chi connectivity index (χ0v) is 9.00. The lowest BCUT2D eigenvalue weighted by Gasteiger charge is -2.25. The second-order valence-corrected chi connectivity index (χ2v) is 3.44. The number of anilines is 1. The van der Waals surface area contributed by atoms with Gasteiger partial charge in [0.1, 0.15) is 12.4 Å². The molecule has 1 aromatic rings. The second kappa shape index (κ2) is 4.28. The van der Waals surface area contributed by atoms with Gasteiger partial charge in [-0.15, -0.1) is 0 Å². The molecule has 0 spiro atoms. The highest BCUT2D eigenvalue weighted by atomic mass is 16.6. The number of methoxy groups -OCH3 is 1. The van der Waals surface area contributed by atoms with Gasteiger partial charge in [-0.05, 0) is 6.07 Å². The van der Waals surface area contributed by atoms with Crippen molar-refractivity contribution in [3.05, 3.63) is 28.3 Å². The van der Waals surface area contributed by atoms with Crippen molar-refractivity contribution in [3.8, 4) is 5.75 Å². The smallest absolute Gasteiger partial charge is 0.331 e. The maximum Gasteiger partial charge on any atom is 0.331 e. The molecule has 0 saturated carbocycles. The predicted molar refractivity (Wildman–Crippen MR) is 58.0 cm³/mol. The molecule has 1 aromatic carbocycles. The maximum atomic E-state index is 11.3. The van der Waals surface area contributed by atoms with E-state index < -0.39 is 16.9 Å². The summed E-state index contributed by atoms with van der Waals surface area (Å²) in [6, 6.07) is 3.74. The summed E-state index contributed by atoms with van der Waals surface area (Å²) in [5.41, 5.74) is 0.0789. The highest BCUT2D eigenvalue weighted by molar-refractivity contribution is 5.83. The normalized spacial score (nSPS) is 17.4. The summed E-state index contributed by atoms with van der Waals surface area (Å²) in [4.78, 5) is 21.6. The number of nitro groups is 1. The molecular formula is C10H10N2O5. The number of fused-ring (bicyclic) bond motifs is 1. The van der Waals surface area contributed by atoms with Crippen LogP contribution in [0.3, 0.4) is 0 Å². The Morgan fingerprint density at radius 3 is 3.06 bits per heavy atom. The first kappa shape index (κ1) is 11.2. The third-order valence-corrected chi connectivity index (χ3v) is 2.41. The van der Waals surface area contributed by atoms with Gasteiger partial charge < -0.3 is 14.8 Å². The lowest BCUT2D eigenvalue weighted by atomic mass is 10.2. The molecule has 0 amide bonds. The number of nitrogens with zero attached hydrogens (tertiary/aromatic N) is 1. The van der Waals surface area contributed by atoms with E-state index in [-0.39, 0.29) is 18.0 Å². The van der Waals surface area contributed by atoms with E-state index in [1.165, 1.54) is 19.2 Å². The van der Waals surface area contributed by atoms with Crippen molar-refractivity contribution < 1.29 is 19.2 Å². The summed E-state index contributed by atoms with van der Waals surface area (Å²) in [6.07, 6.45) is 0. The van der Waals surface area contributed by atoms with Crippen LogP contribution in [0.25, 0.3) is 0 Å². The Balaban J connectivity index is 2.35. The van der Waals surface area contributed by atoms with E-state index in [9.17, 15) is 14.9 Å². The average Bonchev–Trinajstić information content (AvgIpc) is 2.36. The first-order chi connectivity index (χ1) is 8.13. The highest BCUT2D eigenvalue weighted by Gasteiger charge is 2.30. The average molecular weight is 238 g/mol. The number of hydrogen-bond acceptors (Lipinski definition) is 6. The fourth-order valence-corrected chi connectivity index (χ4v) is 1.60. The zero-order chi connectivity index (χ0) is 12.4. The van der Waals surface area contributed by atoms with Gasteiger partial charge in [0.25, 0.3) is 5.69 Å². The Bertz CT molecular complexity index is 474. The fraction of sp³-hybridized carbons (Fsp3) is 0.300. The largest absolute Gasteiger partial charge is 0.488 e. The molecule has 0 aromatic heterocycles. The summed E-state index contributed by atoms with van der Waals surface area (Å²) < 4.78 is 9.84. The molecule has 0 bridgehead atoms. The minimum absolute atomic E-state index is 0.0842. The first-order valence-electron chi connectivity index (χ1n) is 4.88. The van der Waals surface area contributed by atoms with Crippen molar-refractivity contribution in [1.82, 2.24) is 0 Å². The topological polar surface area (TPSA) is 90.7 Å². The van der Waals surface area contributed by atoms with Crippen LogP contribution < -0.4 is 10.1 Å². The summed E-state index contributed by atoms with van der Waals surface area (Å²) in [5, 5.41) is 13.6. The molecule has 17 heavy (non-hydrogen) atoms. The molecule has 2 rings (SSSR count). The molecule has 0 aliphatic carbocycles. The van der Waals surface area contributed by atoms with Crippen molar-refractivity contribution >= 4 is 17.3 Å². The van der Waals surface area contributed by atoms with Crippen LogP contribution in [0.1, 0.15) is 0 Å². The number of nitro benzene ring substituents is 1. The summed E-state index contributed by atoms with van der Waals surface area (Å²) in [5.74, 6) is -0.159. The molecule has 1 heterocycles. The summed E-state index contributed by atoms with van der Waals surface area (Å²) >= 11 is 0. The standard InChI is InChI=1S/C10H10N2O5/c1-16-10(13)6-5-17-8-4-2-3-7(12(14)15)9(8)11-6/h2-4,6,11H,5H2,1H3. The van der Waals surface area contributed by atoms with Gasteiger partial charge in [0.15, 0.2) is 11.7 Å². The Kier molecular flexibility index (Phi) is 2.82. The van der Waals surface area contributed by atoms with E-state index in [1.807, 2.05) is 0 Å². The van der Waals surface area contributed by atoms with E-state index in [0.29, 0.717) is 5.75 Å². The lowest BCUT2D eigenvalue weighted by Crippen LogP contribution is -2.39. The number of carbonyl (C=O) groups excluding carboxylic acids is 1. The Morgan fingerprint density at radius 1 is 1.65 bits per heavy atom. The third-order valence-electron chi connectivity index (χ3n) is 2.41. The lowest BCUT2D eigenvalue weighted by molar-refractivity contribution is -0.384. The molecule has 90 valence electrons. The van der Waals surface area contributed by atoms with Gasteiger partial charge in [-0.25, -0.2) is 4.79 Å². The van der Waals surface area contributed by atoms with Crippen LogP contribution in [0.5, 0.6) is 5.75 Å². The molecular weight excluding hydrogens is 228 g/mol. The van der Waals surface area contributed by atoms with Gasteiger partial charge in [0.05, 0.1) is 12.0 Å². The van der Waals surface area contributed by atoms with Gasteiger partial charge in [-0.2, -0.15) is 0 Å². The van der Waals surface area contributed by atoms with Crippen LogP contribution in [-0.2, 0) is 9.53 Å². The van der Waals surface area contributed by atoms with Crippen molar-refractivity contribution in [3.63, 3.8) is 0 Å². The maximum absolute atomic E-state index is 11.3. The zero-order valence-electron chi connectivity index (χ0n) is 9.00. The number of hydrogen-bond donors (Lipinski definition) is 1. The molecule has 1 unspecified atom stereocenters. The molecule has 0 saturated heterocycles. The van der Waals surface area contributed by atoms with Crippen molar-refractivity contribution in [1.29, 1.82) is 0 Å². The van der Waals surface area contributed by atoms with Crippen LogP contribution >= 0.6 is 0 Å².